The average Bonchev–Trinajstić information content (AvgIpc) is 3.24. The Balaban J connectivity index is 1.68. The fourth-order valence-corrected chi connectivity index (χ4v) is 4.16. The first-order chi connectivity index (χ1) is 16.6. The molecular formula is C26H32N2O6. The van der Waals surface area contributed by atoms with Gasteiger partial charge in [-0.2, -0.15) is 0 Å². The average molecular weight is 470 g/mol. The van der Waals surface area contributed by atoms with E-state index < -0.39 is 23.4 Å². The van der Waals surface area contributed by atoms with Gasteiger partial charge < -0.3 is 25.2 Å². The molecule has 2 aromatic rings. The number of carbonyl (C=O) groups excluding carboxylic acids is 3. The molecule has 3 rings (SSSR count). The normalized spacial score (nSPS) is 19.7. The highest BCUT2D eigenvalue weighted by Gasteiger charge is 2.41. The summed E-state index contributed by atoms with van der Waals surface area (Å²) in [6.07, 6.45) is 2.11. The van der Waals surface area contributed by atoms with E-state index in [0.29, 0.717) is 31.4 Å². The van der Waals surface area contributed by atoms with Crippen LogP contribution in [-0.2, 0) is 32.0 Å². The van der Waals surface area contributed by atoms with Crippen molar-refractivity contribution in [3.8, 4) is 11.5 Å². The first-order valence-corrected chi connectivity index (χ1v) is 11.3. The van der Waals surface area contributed by atoms with E-state index in [-0.39, 0.29) is 36.7 Å². The lowest BCUT2D eigenvalue weighted by molar-refractivity contribution is -0.151. The summed E-state index contributed by atoms with van der Waals surface area (Å²) < 4.78 is 13.8. The van der Waals surface area contributed by atoms with Gasteiger partial charge in [0.1, 0.15) is 23.1 Å². The van der Waals surface area contributed by atoms with Crippen LogP contribution in [0.4, 0.5) is 0 Å². The maximum atomic E-state index is 13.3. The summed E-state index contributed by atoms with van der Waals surface area (Å²) in [5.74, 6) is -1.44. The van der Waals surface area contributed by atoms with E-state index in [9.17, 15) is 24.6 Å². The summed E-state index contributed by atoms with van der Waals surface area (Å²) >= 11 is 0. The van der Waals surface area contributed by atoms with Gasteiger partial charge in [0.15, 0.2) is 0 Å². The number of likely N-dealkylation sites (tertiary alicyclic amines) is 1. The van der Waals surface area contributed by atoms with E-state index >= 15 is 0 Å². The van der Waals surface area contributed by atoms with Crippen molar-refractivity contribution in [3.63, 3.8) is 0 Å². The van der Waals surface area contributed by atoms with E-state index in [2.05, 4.69) is 5.32 Å². The molecule has 1 saturated heterocycles. The predicted molar refractivity (Wildman–Crippen MR) is 126 cm³/mol. The fourth-order valence-electron chi connectivity index (χ4n) is 4.16. The molecule has 2 amide bonds. The topological polar surface area (TPSA) is 116 Å². The van der Waals surface area contributed by atoms with Gasteiger partial charge in [-0.3, -0.25) is 9.59 Å². The first-order valence-electron chi connectivity index (χ1n) is 11.8. The second-order valence-electron chi connectivity index (χ2n) is 8.74. The van der Waals surface area contributed by atoms with Gasteiger partial charge >= 0.3 is 5.97 Å². The third-order valence-electron chi connectivity index (χ3n) is 6.00. The number of phenols is 2. The van der Waals surface area contributed by atoms with Gasteiger partial charge in [0.2, 0.25) is 11.8 Å². The first kappa shape index (κ1) is 23.6. The molecule has 2 aromatic carbocycles. The van der Waals surface area contributed by atoms with Crippen LogP contribution >= 0.6 is 0 Å². The number of rotatable bonds is 9. The Morgan fingerprint density at radius 2 is 1.68 bits per heavy atom. The number of aromatic hydroxyl groups is 2. The van der Waals surface area contributed by atoms with Crippen molar-refractivity contribution in [1.29, 1.82) is 0 Å². The number of carbonyl (C=O) groups is 3. The van der Waals surface area contributed by atoms with Crippen LogP contribution in [0.15, 0.2) is 48.5 Å². The predicted octanol–water partition coefficient (Wildman–Crippen LogP) is 2.70. The summed E-state index contributed by atoms with van der Waals surface area (Å²) in [5.41, 5.74) is 0.200. The van der Waals surface area contributed by atoms with Crippen LogP contribution in [0.1, 0.15) is 45.1 Å². The summed E-state index contributed by atoms with van der Waals surface area (Å²) in [6.45, 7) is 1.81. The Morgan fingerprint density at radius 3 is 2.26 bits per heavy atom. The zero-order valence-corrected chi connectivity index (χ0v) is 19.5. The van der Waals surface area contributed by atoms with Crippen molar-refractivity contribution in [2.24, 2.45) is 0 Å². The number of benzene rings is 2. The third-order valence-corrected chi connectivity index (χ3v) is 6.00. The number of nitrogens with zero attached hydrogens (tertiary/aromatic N) is 1. The molecule has 3 N–H and O–H groups in total. The van der Waals surface area contributed by atoms with E-state index in [0.717, 1.165) is 5.56 Å². The van der Waals surface area contributed by atoms with E-state index in [1.165, 1.54) is 31.1 Å². The van der Waals surface area contributed by atoms with Gasteiger partial charge in [0.05, 0.1) is 8.48 Å². The number of hydrogen-bond donors (Lipinski definition) is 3. The standard InChI is InChI=1S/C26H32N2O6/c1-26(25(33)34-2,17-19-10-14-21(30)15-11-19)27-24(32)22-6-4-16-28(22)23(31)7-3-5-18-8-12-20(29)13-9-18/h8-15,22,29-30H,3-7,16-17H2,1-2H3,(H,27,32)/t22-,26-/m0/s1/i22D. The maximum Gasteiger partial charge on any atom is 0.331 e. The van der Waals surface area contributed by atoms with Crippen LogP contribution in [0, 0.1) is 0 Å². The molecule has 0 aliphatic carbocycles. The van der Waals surface area contributed by atoms with Crippen LogP contribution in [-0.4, -0.2) is 58.1 Å². The molecule has 0 spiro atoms. The summed E-state index contributed by atoms with van der Waals surface area (Å²) in [4.78, 5) is 40.2. The monoisotopic (exact) mass is 469 g/mol. The lowest BCUT2D eigenvalue weighted by atomic mass is 9.92. The quantitative estimate of drug-likeness (QED) is 0.487. The molecular weight excluding hydrogens is 436 g/mol. The zero-order valence-electron chi connectivity index (χ0n) is 20.5. The molecule has 182 valence electrons. The molecule has 1 aliphatic heterocycles. The summed E-state index contributed by atoms with van der Waals surface area (Å²) in [6, 6.07) is 11.2. The number of methoxy groups -OCH3 is 1. The number of nitrogens with one attached hydrogen (secondary N) is 1. The van der Waals surface area contributed by atoms with Crippen molar-refractivity contribution >= 4 is 17.8 Å². The van der Waals surface area contributed by atoms with Crippen molar-refractivity contribution in [2.45, 2.75) is 57.0 Å². The number of amides is 2. The lowest BCUT2D eigenvalue weighted by Gasteiger charge is -2.31. The zero-order chi connectivity index (χ0) is 25.6. The highest BCUT2D eigenvalue weighted by molar-refractivity contribution is 5.93. The van der Waals surface area contributed by atoms with Gasteiger partial charge in [-0.25, -0.2) is 4.79 Å². The minimum atomic E-state index is -1.82. The molecule has 0 unspecified atom stereocenters. The van der Waals surface area contributed by atoms with Gasteiger partial charge in [-0.05, 0) is 68.0 Å². The van der Waals surface area contributed by atoms with Crippen LogP contribution < -0.4 is 5.32 Å². The second kappa shape index (κ2) is 11.0. The van der Waals surface area contributed by atoms with Crippen LogP contribution in [0.25, 0.3) is 0 Å². The van der Waals surface area contributed by atoms with Gasteiger partial charge in [-0.1, -0.05) is 24.3 Å². The molecule has 0 aromatic heterocycles. The molecule has 8 heteroatoms. The van der Waals surface area contributed by atoms with Gasteiger partial charge in [0.25, 0.3) is 0 Å². The molecule has 1 heterocycles. The summed E-state index contributed by atoms with van der Waals surface area (Å²) in [5, 5.41) is 21.6. The van der Waals surface area contributed by atoms with Crippen molar-refractivity contribution in [2.75, 3.05) is 13.7 Å². The van der Waals surface area contributed by atoms with Gasteiger partial charge in [0, 0.05) is 19.4 Å². The Morgan fingerprint density at radius 1 is 1.09 bits per heavy atom. The fraction of sp³-hybridized carbons (Fsp3) is 0.423. The molecule has 2 atom stereocenters. The maximum absolute atomic E-state index is 13.3. The molecule has 1 aliphatic rings. The smallest absolute Gasteiger partial charge is 0.331 e. The number of hydrogen-bond acceptors (Lipinski definition) is 6. The van der Waals surface area contributed by atoms with Crippen molar-refractivity contribution < 1.29 is 30.7 Å². The van der Waals surface area contributed by atoms with Crippen LogP contribution in [0.5, 0.6) is 11.5 Å². The van der Waals surface area contributed by atoms with Crippen molar-refractivity contribution in [3.05, 3.63) is 59.7 Å². The molecule has 1 fully saturated rings. The summed E-state index contributed by atoms with van der Waals surface area (Å²) in [7, 11) is 1.22. The minimum Gasteiger partial charge on any atom is -0.508 e. The van der Waals surface area contributed by atoms with Crippen molar-refractivity contribution in [1.82, 2.24) is 10.2 Å². The third kappa shape index (κ3) is 6.27. The van der Waals surface area contributed by atoms with Crippen LogP contribution in [0.2, 0.25) is 0 Å². The highest BCUT2D eigenvalue weighted by Crippen LogP contribution is 2.23. The molecule has 8 nitrogen and oxygen atoms in total. The SMILES string of the molecule is [2H][C@@]1(C(=O)N[C@@](C)(Cc2ccc(O)cc2)C(=O)OC)CCCN1C(=O)CCCc1ccc(O)cc1. The Kier molecular flexibility index (Phi) is 7.67. The molecule has 0 saturated carbocycles. The van der Waals surface area contributed by atoms with Gasteiger partial charge in [-0.15, -0.1) is 0 Å². The number of esters is 1. The van der Waals surface area contributed by atoms with E-state index in [1.807, 2.05) is 0 Å². The Labute approximate surface area is 200 Å². The number of aryl methyl sites for hydroxylation is 1. The molecule has 0 radical (unpaired) electrons. The highest BCUT2D eigenvalue weighted by atomic mass is 16.5. The Bertz CT molecular complexity index is 1060. The number of ether oxygens (including phenoxy) is 1. The molecule has 0 bridgehead atoms. The molecule has 34 heavy (non-hydrogen) atoms. The van der Waals surface area contributed by atoms with E-state index in [4.69, 9.17) is 6.11 Å². The second-order valence-corrected chi connectivity index (χ2v) is 8.74. The minimum absolute atomic E-state index is 0.0770. The Hall–Kier alpha value is -3.55. The van der Waals surface area contributed by atoms with E-state index in [1.54, 1.807) is 36.4 Å². The van der Waals surface area contributed by atoms with Crippen LogP contribution in [0.3, 0.4) is 0 Å². The lowest BCUT2D eigenvalue weighted by Crippen LogP contribution is -2.58. The largest absolute Gasteiger partial charge is 0.508 e. The number of phenolic OH excluding ortho intramolecular Hbond substituents is 2.